The number of ether oxygens (including phenoxy) is 1. The van der Waals surface area contributed by atoms with E-state index in [2.05, 4.69) is 10.1 Å². The van der Waals surface area contributed by atoms with Gasteiger partial charge < -0.3 is 15.2 Å². The molecule has 0 aromatic heterocycles. The molecule has 3 nitrogen and oxygen atoms in total. The first kappa shape index (κ1) is 14.0. The number of phenolic OH excluding ortho intramolecular Hbond substituents is 1. The Labute approximate surface area is 113 Å². The maximum Gasteiger partial charge on any atom is 0.573 e. The summed E-state index contributed by atoms with van der Waals surface area (Å²) in [6, 6.07) is 12.3. The van der Waals surface area contributed by atoms with Gasteiger partial charge in [-0.3, -0.25) is 0 Å². The van der Waals surface area contributed by atoms with E-state index in [1.54, 1.807) is 24.3 Å². The van der Waals surface area contributed by atoms with Crippen molar-refractivity contribution < 1.29 is 23.0 Å². The minimum Gasteiger partial charge on any atom is -0.508 e. The largest absolute Gasteiger partial charge is 0.573 e. The molecule has 0 aliphatic carbocycles. The van der Waals surface area contributed by atoms with Crippen molar-refractivity contribution in [2.45, 2.75) is 12.9 Å². The lowest BCUT2D eigenvalue weighted by Crippen LogP contribution is -2.18. The summed E-state index contributed by atoms with van der Waals surface area (Å²) in [5.74, 6) is -0.232. The van der Waals surface area contributed by atoms with Crippen LogP contribution in [0, 0.1) is 0 Å². The molecule has 20 heavy (non-hydrogen) atoms. The van der Waals surface area contributed by atoms with E-state index in [1.165, 1.54) is 24.3 Å². The van der Waals surface area contributed by atoms with Crippen molar-refractivity contribution in [1.82, 2.24) is 0 Å². The van der Waals surface area contributed by atoms with Crippen LogP contribution in [0.4, 0.5) is 18.9 Å². The average molecular weight is 283 g/mol. The molecule has 0 atom stereocenters. The number of alkyl halides is 3. The van der Waals surface area contributed by atoms with Crippen LogP contribution in [0.2, 0.25) is 0 Å². The van der Waals surface area contributed by atoms with Crippen molar-refractivity contribution in [3.63, 3.8) is 0 Å². The van der Waals surface area contributed by atoms with Gasteiger partial charge in [0.1, 0.15) is 5.75 Å². The van der Waals surface area contributed by atoms with Crippen LogP contribution in [0.25, 0.3) is 0 Å². The van der Waals surface area contributed by atoms with Gasteiger partial charge in [-0.1, -0.05) is 30.3 Å². The Morgan fingerprint density at radius 1 is 1.00 bits per heavy atom. The van der Waals surface area contributed by atoms with E-state index in [0.29, 0.717) is 5.56 Å². The summed E-state index contributed by atoms with van der Waals surface area (Å²) in [7, 11) is 0. The van der Waals surface area contributed by atoms with Gasteiger partial charge in [-0.05, 0) is 18.2 Å². The van der Waals surface area contributed by atoms with Gasteiger partial charge in [0.15, 0.2) is 5.75 Å². The Bertz CT molecular complexity index is 585. The summed E-state index contributed by atoms with van der Waals surface area (Å²) < 4.78 is 40.7. The van der Waals surface area contributed by atoms with Crippen LogP contribution in [-0.4, -0.2) is 11.5 Å². The quantitative estimate of drug-likeness (QED) is 0.894. The van der Waals surface area contributed by atoms with Gasteiger partial charge in [-0.25, -0.2) is 0 Å². The van der Waals surface area contributed by atoms with E-state index in [9.17, 15) is 18.3 Å². The van der Waals surface area contributed by atoms with E-state index in [-0.39, 0.29) is 23.7 Å². The molecule has 0 heterocycles. The van der Waals surface area contributed by atoms with Crippen molar-refractivity contribution in [3.05, 3.63) is 54.1 Å². The minimum absolute atomic E-state index is 0.0780. The van der Waals surface area contributed by atoms with E-state index in [0.717, 1.165) is 0 Å². The second-order valence-electron chi connectivity index (χ2n) is 4.03. The van der Waals surface area contributed by atoms with E-state index >= 15 is 0 Å². The fourth-order valence-corrected chi connectivity index (χ4v) is 1.68. The number of aromatic hydroxyl groups is 1. The smallest absolute Gasteiger partial charge is 0.508 e. The molecule has 0 saturated heterocycles. The van der Waals surface area contributed by atoms with Crippen molar-refractivity contribution in [1.29, 1.82) is 0 Å². The van der Waals surface area contributed by atoms with Gasteiger partial charge in [-0.15, -0.1) is 13.2 Å². The molecule has 0 aliphatic heterocycles. The molecule has 0 saturated carbocycles. The van der Waals surface area contributed by atoms with Crippen molar-refractivity contribution in [2.24, 2.45) is 0 Å². The number of hydrogen-bond acceptors (Lipinski definition) is 3. The van der Waals surface area contributed by atoms with Crippen LogP contribution >= 0.6 is 0 Å². The van der Waals surface area contributed by atoms with Crippen molar-refractivity contribution >= 4 is 5.69 Å². The molecule has 6 heteroatoms. The average Bonchev–Trinajstić information content (AvgIpc) is 2.37. The maximum absolute atomic E-state index is 12.3. The van der Waals surface area contributed by atoms with Crippen LogP contribution in [-0.2, 0) is 6.54 Å². The SMILES string of the molecule is Oc1ccccc1CNc1ccccc1OC(F)(F)F. The first-order valence-electron chi connectivity index (χ1n) is 5.81. The third-order valence-electron chi connectivity index (χ3n) is 2.57. The lowest BCUT2D eigenvalue weighted by molar-refractivity contribution is -0.274. The highest BCUT2D eigenvalue weighted by molar-refractivity contribution is 5.56. The Kier molecular flexibility index (Phi) is 4.02. The number of anilines is 1. The zero-order valence-corrected chi connectivity index (χ0v) is 10.3. The fraction of sp³-hybridized carbons (Fsp3) is 0.143. The predicted octanol–water partition coefficient (Wildman–Crippen LogP) is 3.90. The summed E-state index contributed by atoms with van der Waals surface area (Å²) in [6.45, 7) is 0.185. The Morgan fingerprint density at radius 2 is 1.65 bits per heavy atom. The summed E-state index contributed by atoms with van der Waals surface area (Å²) >= 11 is 0. The monoisotopic (exact) mass is 283 g/mol. The summed E-state index contributed by atoms with van der Waals surface area (Å²) in [5, 5.41) is 12.4. The van der Waals surface area contributed by atoms with Gasteiger partial charge in [0.25, 0.3) is 0 Å². The highest BCUT2D eigenvalue weighted by atomic mass is 19.4. The third kappa shape index (κ3) is 3.81. The van der Waals surface area contributed by atoms with E-state index < -0.39 is 6.36 Å². The van der Waals surface area contributed by atoms with Crippen LogP contribution < -0.4 is 10.1 Å². The normalized spacial score (nSPS) is 11.2. The molecule has 2 rings (SSSR count). The number of phenols is 1. The second-order valence-corrected chi connectivity index (χ2v) is 4.03. The van der Waals surface area contributed by atoms with Crippen LogP contribution in [0.5, 0.6) is 11.5 Å². The number of hydrogen-bond donors (Lipinski definition) is 2. The maximum atomic E-state index is 12.3. The number of nitrogens with one attached hydrogen (secondary N) is 1. The Hall–Kier alpha value is -2.37. The minimum atomic E-state index is -4.74. The van der Waals surface area contributed by atoms with Crippen molar-refractivity contribution in [2.75, 3.05) is 5.32 Å². The van der Waals surface area contributed by atoms with Gasteiger partial charge >= 0.3 is 6.36 Å². The fourth-order valence-electron chi connectivity index (χ4n) is 1.68. The number of benzene rings is 2. The molecule has 2 aromatic rings. The first-order chi connectivity index (χ1) is 9.46. The lowest BCUT2D eigenvalue weighted by atomic mass is 10.2. The summed E-state index contributed by atoms with van der Waals surface area (Å²) in [4.78, 5) is 0. The Balaban J connectivity index is 2.12. The van der Waals surface area contributed by atoms with Gasteiger partial charge in [0, 0.05) is 12.1 Å². The zero-order chi connectivity index (χ0) is 14.6. The number of para-hydroxylation sites is 3. The molecule has 0 unspecified atom stereocenters. The van der Waals surface area contributed by atoms with Crippen LogP contribution in [0.15, 0.2) is 48.5 Å². The van der Waals surface area contributed by atoms with Crippen molar-refractivity contribution in [3.8, 4) is 11.5 Å². The van der Waals surface area contributed by atoms with Gasteiger partial charge in [-0.2, -0.15) is 0 Å². The van der Waals surface area contributed by atoms with E-state index in [1.807, 2.05) is 0 Å². The molecule has 0 spiro atoms. The zero-order valence-electron chi connectivity index (χ0n) is 10.3. The predicted molar refractivity (Wildman–Crippen MR) is 68.6 cm³/mol. The topological polar surface area (TPSA) is 41.5 Å². The highest BCUT2D eigenvalue weighted by Gasteiger charge is 2.32. The molecule has 0 radical (unpaired) electrons. The molecule has 106 valence electrons. The molecule has 0 amide bonds. The molecule has 0 aliphatic rings. The van der Waals surface area contributed by atoms with Crippen LogP contribution in [0.3, 0.4) is 0 Å². The molecule has 0 fully saturated rings. The number of halogens is 3. The number of rotatable bonds is 4. The van der Waals surface area contributed by atoms with Gasteiger partial charge in [0.2, 0.25) is 0 Å². The second kappa shape index (κ2) is 5.73. The van der Waals surface area contributed by atoms with Crippen LogP contribution in [0.1, 0.15) is 5.56 Å². The molecular weight excluding hydrogens is 271 g/mol. The first-order valence-corrected chi connectivity index (χ1v) is 5.81. The molecule has 2 N–H and O–H groups in total. The summed E-state index contributed by atoms with van der Waals surface area (Å²) in [5.41, 5.74) is 0.780. The highest BCUT2D eigenvalue weighted by Crippen LogP contribution is 2.30. The third-order valence-corrected chi connectivity index (χ3v) is 2.57. The molecule has 0 bridgehead atoms. The molecular formula is C14H12F3NO2. The lowest BCUT2D eigenvalue weighted by Gasteiger charge is -2.14. The molecule has 2 aromatic carbocycles. The van der Waals surface area contributed by atoms with E-state index in [4.69, 9.17) is 0 Å². The Morgan fingerprint density at radius 3 is 2.35 bits per heavy atom. The summed E-state index contributed by atoms with van der Waals surface area (Å²) in [6.07, 6.45) is -4.74. The van der Waals surface area contributed by atoms with Gasteiger partial charge in [0.05, 0.1) is 5.69 Å². The standard InChI is InChI=1S/C14H12F3NO2/c15-14(16,17)20-13-8-4-2-6-11(13)18-9-10-5-1-3-7-12(10)19/h1-8,18-19H,9H2.